The third-order valence-corrected chi connectivity index (χ3v) is 5.78. The molecular weight excluding hydrogens is 471 g/mol. The van der Waals surface area contributed by atoms with Gasteiger partial charge in [0.05, 0.1) is 52.4 Å². The second-order valence-electron chi connectivity index (χ2n) is 8.34. The molecule has 0 fully saturated rings. The van der Waals surface area contributed by atoms with Gasteiger partial charge in [0, 0.05) is 6.61 Å². The van der Waals surface area contributed by atoms with E-state index in [1.54, 1.807) is 6.92 Å². The second kappa shape index (κ2) is 28.3. The largest absolute Gasteiger partial charge is 1.00 e. The number of ether oxygens (including phenoxy) is 4. The first-order valence-corrected chi connectivity index (χ1v) is 14.3. The van der Waals surface area contributed by atoms with Crippen LogP contribution in [0.2, 0.25) is 0 Å². The predicted octanol–water partition coefficient (Wildman–Crippen LogP) is 2.01. The fourth-order valence-electron chi connectivity index (χ4n) is 3.30. The first-order valence-electron chi connectivity index (χ1n) is 12.9. The van der Waals surface area contributed by atoms with Crippen molar-refractivity contribution in [2.45, 2.75) is 103 Å². The summed E-state index contributed by atoms with van der Waals surface area (Å²) in [7, 11) is -4.70. The van der Waals surface area contributed by atoms with E-state index in [1.165, 1.54) is 70.6 Å². The van der Waals surface area contributed by atoms with Crippen LogP contribution in [0.1, 0.15) is 97.3 Å². The number of unbranched alkanes of at least 4 members (excludes halogenated alkanes) is 11. The molecule has 0 N–H and O–H groups in total. The Hall–Kier alpha value is 0.710. The van der Waals surface area contributed by atoms with Gasteiger partial charge in [-0.2, -0.15) is 0 Å². The maximum absolute atomic E-state index is 10.6. The molecule has 0 aromatic heterocycles. The van der Waals surface area contributed by atoms with Gasteiger partial charge in [0.2, 0.25) is 10.4 Å². The van der Waals surface area contributed by atoms with Gasteiger partial charge < -0.3 is 23.5 Å². The number of rotatable bonds is 27. The van der Waals surface area contributed by atoms with E-state index in [0.29, 0.717) is 46.1 Å². The van der Waals surface area contributed by atoms with Crippen LogP contribution >= 0.6 is 0 Å². The van der Waals surface area contributed by atoms with E-state index in [-0.39, 0.29) is 36.2 Å². The fraction of sp³-hybridized carbons (Fsp3) is 1.00. The van der Waals surface area contributed by atoms with E-state index in [0.717, 1.165) is 13.0 Å². The van der Waals surface area contributed by atoms with Crippen molar-refractivity contribution in [2.75, 3.05) is 52.9 Å². The number of hydrogen-bond acceptors (Lipinski definition) is 8. The van der Waals surface area contributed by atoms with Crippen molar-refractivity contribution in [3.05, 3.63) is 0 Å². The van der Waals surface area contributed by atoms with E-state index >= 15 is 0 Å². The normalized spacial score (nSPS) is 12.6. The maximum Gasteiger partial charge on any atom is 1.00 e. The van der Waals surface area contributed by atoms with E-state index in [1.807, 2.05) is 0 Å². The number of hydrogen-bond donors (Lipinski definition) is 0. The van der Waals surface area contributed by atoms with Crippen molar-refractivity contribution < 1.29 is 65.7 Å². The van der Waals surface area contributed by atoms with Gasteiger partial charge in [-0.05, 0) is 12.8 Å². The molecule has 0 aromatic carbocycles. The Morgan fingerprint density at radius 3 is 1.38 bits per heavy atom. The molecule has 0 saturated heterocycles. The maximum atomic E-state index is 10.6. The molecule has 200 valence electrons. The summed E-state index contributed by atoms with van der Waals surface area (Å²) in [5.74, 6) is 0. The van der Waals surface area contributed by atoms with Crippen molar-refractivity contribution in [2.24, 2.45) is 0 Å². The van der Waals surface area contributed by atoms with E-state index in [9.17, 15) is 13.0 Å². The molecule has 0 aromatic rings. The van der Waals surface area contributed by atoms with Crippen LogP contribution < -0.4 is 29.6 Å². The zero-order chi connectivity index (χ0) is 24.5. The molecule has 0 aliphatic carbocycles. The van der Waals surface area contributed by atoms with Crippen LogP contribution in [-0.2, 0) is 33.5 Å². The minimum absolute atomic E-state index is 0. The van der Waals surface area contributed by atoms with Gasteiger partial charge in [-0.3, -0.25) is 4.18 Å². The first-order chi connectivity index (χ1) is 16.0. The van der Waals surface area contributed by atoms with Crippen molar-refractivity contribution in [3.8, 4) is 0 Å². The van der Waals surface area contributed by atoms with Crippen LogP contribution in [0.25, 0.3) is 0 Å². The summed E-state index contributed by atoms with van der Waals surface area (Å²) in [6.45, 7) is 7.55. The Bertz CT molecular complexity index is 493. The minimum atomic E-state index is -4.70. The topological polar surface area (TPSA) is 103 Å². The Kier molecular flexibility index (Phi) is 30.7. The summed E-state index contributed by atoms with van der Waals surface area (Å²) in [5.41, 5.74) is 0. The summed E-state index contributed by atoms with van der Waals surface area (Å²) >= 11 is 0. The zero-order valence-electron chi connectivity index (χ0n) is 22.1. The molecule has 8 nitrogen and oxygen atoms in total. The molecule has 0 amide bonds. The quantitative estimate of drug-likeness (QED) is 0.0701. The van der Waals surface area contributed by atoms with Gasteiger partial charge in [0.25, 0.3) is 0 Å². The van der Waals surface area contributed by atoms with Crippen molar-refractivity contribution in [1.82, 2.24) is 0 Å². The van der Waals surface area contributed by atoms with Crippen LogP contribution in [0.4, 0.5) is 0 Å². The third-order valence-electron chi connectivity index (χ3n) is 5.27. The molecule has 0 rings (SSSR count). The molecule has 0 spiro atoms. The summed E-state index contributed by atoms with van der Waals surface area (Å²) in [5, 5.41) is 0. The summed E-state index contributed by atoms with van der Waals surface area (Å²) in [6, 6.07) is 0. The first kappa shape index (κ1) is 36.9. The molecule has 0 saturated carbocycles. The average Bonchev–Trinajstić information content (AvgIpc) is 2.78. The van der Waals surface area contributed by atoms with E-state index in [2.05, 4.69) is 11.1 Å². The fourth-order valence-corrected chi connectivity index (χ4v) is 3.82. The Morgan fingerprint density at radius 1 is 0.588 bits per heavy atom. The Labute approximate surface area is 231 Å². The SMILES string of the molecule is CCCCCCCCCCCCCCOCCOCCOCCOCC(CC)OS(=O)(=O)[O-].[Na+]. The molecule has 1 atom stereocenters. The van der Waals surface area contributed by atoms with Crippen LogP contribution in [-0.4, -0.2) is 71.9 Å². The Balaban J connectivity index is 0. The van der Waals surface area contributed by atoms with Crippen LogP contribution in [0, 0.1) is 0 Å². The second-order valence-corrected chi connectivity index (χ2v) is 9.34. The monoisotopic (exact) mass is 520 g/mol. The summed E-state index contributed by atoms with van der Waals surface area (Å²) in [4.78, 5) is 0. The molecule has 0 aliphatic heterocycles. The van der Waals surface area contributed by atoms with E-state index < -0.39 is 16.5 Å². The molecule has 0 aliphatic rings. The van der Waals surface area contributed by atoms with Crippen LogP contribution in [0.3, 0.4) is 0 Å². The van der Waals surface area contributed by atoms with Gasteiger partial charge in [0.1, 0.15) is 0 Å². The van der Waals surface area contributed by atoms with Gasteiger partial charge >= 0.3 is 29.6 Å². The van der Waals surface area contributed by atoms with Crippen molar-refractivity contribution >= 4 is 10.4 Å². The van der Waals surface area contributed by atoms with Crippen molar-refractivity contribution in [1.29, 1.82) is 0 Å². The third kappa shape index (κ3) is 30.7. The zero-order valence-corrected chi connectivity index (χ0v) is 24.9. The molecular formula is C24H49NaO8S. The van der Waals surface area contributed by atoms with Gasteiger partial charge in [-0.15, -0.1) is 0 Å². The van der Waals surface area contributed by atoms with Gasteiger partial charge in [0.15, 0.2) is 0 Å². The van der Waals surface area contributed by atoms with Crippen LogP contribution in [0.5, 0.6) is 0 Å². The van der Waals surface area contributed by atoms with Crippen molar-refractivity contribution in [3.63, 3.8) is 0 Å². The molecule has 34 heavy (non-hydrogen) atoms. The molecule has 1 unspecified atom stereocenters. The predicted molar refractivity (Wildman–Crippen MR) is 129 cm³/mol. The molecule has 10 heteroatoms. The van der Waals surface area contributed by atoms with Gasteiger partial charge in [-0.1, -0.05) is 84.5 Å². The standard InChI is InChI=1S/C24H50O8S.Na/c1-3-5-6-7-8-9-10-11-12-13-14-15-16-28-17-18-29-19-20-30-21-22-31-23-24(4-2)32-33(25,26)27;/h24H,3-23H2,1-2H3,(H,25,26,27);/q;+1/p-1. The molecule has 0 heterocycles. The summed E-state index contributed by atoms with van der Waals surface area (Å²) in [6.07, 6.45) is 15.7. The van der Waals surface area contributed by atoms with Crippen LogP contribution in [0.15, 0.2) is 0 Å². The summed E-state index contributed by atoms with van der Waals surface area (Å²) < 4.78 is 57.7. The minimum Gasteiger partial charge on any atom is -0.726 e. The van der Waals surface area contributed by atoms with Gasteiger partial charge in [-0.25, -0.2) is 8.42 Å². The average molecular weight is 521 g/mol. The van der Waals surface area contributed by atoms with E-state index in [4.69, 9.17) is 18.9 Å². The Morgan fingerprint density at radius 2 is 0.971 bits per heavy atom. The molecule has 0 radical (unpaired) electrons. The smallest absolute Gasteiger partial charge is 0.726 e. The molecule has 0 bridgehead atoms.